The number of unbranched alkanes of at least 4 members (excludes halogenated alkanes) is 1. The van der Waals surface area contributed by atoms with Crippen LogP contribution in [-0.4, -0.2) is 70.7 Å². The van der Waals surface area contributed by atoms with E-state index in [-0.39, 0.29) is 0 Å². The highest BCUT2D eigenvalue weighted by Crippen LogP contribution is 2.04. The number of nitrogens with two attached hydrogens (primary N) is 2. The zero-order chi connectivity index (χ0) is 22.7. The number of aliphatic carboxylic acids is 1. The molecule has 0 aromatic heterocycles. The van der Waals surface area contributed by atoms with Gasteiger partial charge >= 0.3 is 5.97 Å². The highest BCUT2D eigenvalue weighted by atomic mass is 16.4. The van der Waals surface area contributed by atoms with Crippen molar-refractivity contribution in [3.63, 3.8) is 0 Å². The van der Waals surface area contributed by atoms with Crippen LogP contribution in [0, 0.1) is 5.92 Å². The van der Waals surface area contributed by atoms with E-state index in [9.17, 15) is 29.4 Å². The number of nitrogens with one attached hydrogen (secondary N) is 3. The summed E-state index contributed by atoms with van der Waals surface area (Å²) < 4.78 is 0. The van der Waals surface area contributed by atoms with Crippen molar-refractivity contribution in [3.8, 4) is 0 Å². The van der Waals surface area contributed by atoms with Crippen molar-refractivity contribution < 1.29 is 29.4 Å². The Morgan fingerprint density at radius 2 is 1.41 bits per heavy atom. The maximum Gasteiger partial charge on any atom is 0.326 e. The minimum Gasteiger partial charge on any atom is -0.480 e. The smallest absolute Gasteiger partial charge is 0.326 e. The molecule has 0 saturated carbocycles. The van der Waals surface area contributed by atoms with E-state index in [4.69, 9.17) is 11.5 Å². The van der Waals surface area contributed by atoms with E-state index in [0.29, 0.717) is 19.4 Å². The summed E-state index contributed by atoms with van der Waals surface area (Å²) in [5.74, 6) is -3.71. The molecule has 168 valence electrons. The zero-order valence-corrected chi connectivity index (χ0v) is 17.5. The molecule has 0 heterocycles. The number of carboxylic acids is 1. The number of carbonyl (C=O) groups is 4. The number of rotatable bonds is 13. The molecule has 0 bridgehead atoms. The summed E-state index contributed by atoms with van der Waals surface area (Å²) in [4.78, 5) is 48.0. The van der Waals surface area contributed by atoms with Crippen molar-refractivity contribution in [1.29, 1.82) is 0 Å². The molecule has 0 aromatic carbocycles. The second kappa shape index (κ2) is 13.1. The van der Waals surface area contributed by atoms with Gasteiger partial charge in [-0.15, -0.1) is 0 Å². The van der Waals surface area contributed by atoms with Gasteiger partial charge in [-0.3, -0.25) is 14.4 Å². The number of carboxylic acid groups (broad SMARTS) is 1. The van der Waals surface area contributed by atoms with Crippen molar-refractivity contribution in [3.05, 3.63) is 0 Å². The van der Waals surface area contributed by atoms with Gasteiger partial charge in [-0.25, -0.2) is 4.79 Å². The van der Waals surface area contributed by atoms with Gasteiger partial charge in [0.15, 0.2) is 0 Å². The molecule has 11 nitrogen and oxygen atoms in total. The van der Waals surface area contributed by atoms with Crippen molar-refractivity contribution in [2.24, 2.45) is 17.4 Å². The first-order valence-electron chi connectivity index (χ1n) is 9.69. The highest BCUT2D eigenvalue weighted by molar-refractivity contribution is 5.94. The van der Waals surface area contributed by atoms with Gasteiger partial charge in [0.2, 0.25) is 17.7 Å². The molecule has 0 fully saturated rings. The van der Waals surface area contributed by atoms with Gasteiger partial charge in [-0.2, -0.15) is 0 Å². The fourth-order valence-electron chi connectivity index (χ4n) is 2.47. The number of hydrogen-bond donors (Lipinski definition) is 7. The Morgan fingerprint density at radius 3 is 1.86 bits per heavy atom. The summed E-state index contributed by atoms with van der Waals surface area (Å²) in [7, 11) is 0. The minimum absolute atomic E-state index is 0.402. The van der Waals surface area contributed by atoms with Crippen molar-refractivity contribution in [2.75, 3.05) is 6.54 Å². The number of aliphatic hydroxyl groups excluding tert-OH is 1. The first kappa shape index (κ1) is 26.8. The zero-order valence-electron chi connectivity index (χ0n) is 17.5. The number of amides is 3. The van der Waals surface area contributed by atoms with E-state index in [1.165, 1.54) is 13.8 Å². The topological polar surface area (TPSA) is 197 Å². The Hall–Kier alpha value is -2.24. The predicted octanol–water partition coefficient (Wildman–Crippen LogP) is -1.96. The number of carbonyl (C=O) groups excluding carboxylic acids is 3. The van der Waals surface area contributed by atoms with Crippen LogP contribution in [0.1, 0.15) is 47.0 Å². The molecule has 0 radical (unpaired) electrons. The van der Waals surface area contributed by atoms with Gasteiger partial charge in [-0.1, -0.05) is 20.3 Å². The Morgan fingerprint density at radius 1 is 0.862 bits per heavy atom. The van der Waals surface area contributed by atoms with Gasteiger partial charge in [-0.05, 0) is 39.2 Å². The molecular weight excluding hydrogens is 382 g/mol. The molecule has 0 saturated heterocycles. The number of aliphatic hydroxyl groups is 1. The Kier molecular flexibility index (Phi) is 12.1. The summed E-state index contributed by atoms with van der Waals surface area (Å²) in [6.07, 6.45) is 0.538. The summed E-state index contributed by atoms with van der Waals surface area (Å²) in [5.41, 5.74) is 11.2. The lowest BCUT2D eigenvalue weighted by Gasteiger charge is -2.26. The monoisotopic (exact) mass is 417 g/mol. The fraction of sp³-hybridized carbons (Fsp3) is 0.778. The third-order valence-electron chi connectivity index (χ3n) is 4.35. The van der Waals surface area contributed by atoms with Crippen LogP contribution in [0.5, 0.6) is 0 Å². The quantitative estimate of drug-likeness (QED) is 0.168. The van der Waals surface area contributed by atoms with E-state index < -0.39 is 59.9 Å². The molecule has 0 aliphatic heterocycles. The molecule has 0 spiro atoms. The molecular formula is C18H35N5O6. The predicted molar refractivity (Wildman–Crippen MR) is 107 cm³/mol. The average molecular weight is 418 g/mol. The number of hydrogen-bond acceptors (Lipinski definition) is 7. The molecule has 29 heavy (non-hydrogen) atoms. The molecule has 3 amide bonds. The lowest BCUT2D eigenvalue weighted by atomic mass is 10.0. The normalized spacial score (nSPS) is 16.3. The van der Waals surface area contributed by atoms with E-state index in [2.05, 4.69) is 16.0 Å². The summed E-state index contributed by atoms with van der Waals surface area (Å²) >= 11 is 0. The highest BCUT2D eigenvalue weighted by Gasteiger charge is 2.32. The third-order valence-corrected chi connectivity index (χ3v) is 4.35. The fourth-order valence-corrected chi connectivity index (χ4v) is 2.47. The van der Waals surface area contributed by atoms with Gasteiger partial charge in [0, 0.05) is 0 Å². The second-order valence-corrected chi connectivity index (χ2v) is 7.42. The van der Waals surface area contributed by atoms with Crippen LogP contribution in [0.25, 0.3) is 0 Å². The van der Waals surface area contributed by atoms with Gasteiger partial charge in [0.25, 0.3) is 0 Å². The second-order valence-electron chi connectivity index (χ2n) is 7.42. The van der Waals surface area contributed by atoms with E-state index in [0.717, 1.165) is 6.42 Å². The van der Waals surface area contributed by atoms with Crippen molar-refractivity contribution >= 4 is 23.7 Å². The molecule has 0 rings (SSSR count). The maximum absolute atomic E-state index is 12.4. The molecule has 0 aliphatic rings. The summed E-state index contributed by atoms with van der Waals surface area (Å²) in [6, 6.07) is -4.38. The van der Waals surface area contributed by atoms with Crippen LogP contribution in [0.15, 0.2) is 0 Å². The van der Waals surface area contributed by atoms with Gasteiger partial charge in [0.05, 0.1) is 12.1 Å². The van der Waals surface area contributed by atoms with Crippen LogP contribution < -0.4 is 27.4 Å². The van der Waals surface area contributed by atoms with E-state index >= 15 is 0 Å². The standard InChI is InChI=1S/C18H35N5O6/c1-9(2)13(18(28)29)22-17(27)14(11(4)24)23-15(25)10(3)21-16(26)12(20)7-5-6-8-19/h9-14,24H,5-8,19-20H2,1-4H3,(H,21,26)(H,22,27)(H,23,25)(H,28,29)/t10-,11+,12-,13-,14-/m0/s1. The molecule has 0 aromatic rings. The SMILES string of the molecule is CC(C)[C@H](NC(=O)[C@@H](NC(=O)[C@H](C)NC(=O)[C@@H](N)CCCCN)[C@@H](C)O)C(=O)O. The molecule has 0 unspecified atom stereocenters. The first-order chi connectivity index (χ1) is 13.4. The van der Waals surface area contributed by atoms with Gasteiger partial charge in [0.1, 0.15) is 18.1 Å². The molecule has 9 N–H and O–H groups in total. The van der Waals surface area contributed by atoms with Crippen LogP contribution in [0.3, 0.4) is 0 Å². The van der Waals surface area contributed by atoms with Crippen LogP contribution in [0.4, 0.5) is 0 Å². The van der Waals surface area contributed by atoms with Crippen molar-refractivity contribution in [1.82, 2.24) is 16.0 Å². The average Bonchev–Trinajstić information content (AvgIpc) is 2.62. The molecule has 0 aliphatic carbocycles. The first-order valence-corrected chi connectivity index (χ1v) is 9.69. The summed E-state index contributed by atoms with van der Waals surface area (Å²) in [5, 5.41) is 26.1. The van der Waals surface area contributed by atoms with Crippen LogP contribution in [0.2, 0.25) is 0 Å². The third kappa shape index (κ3) is 9.68. The van der Waals surface area contributed by atoms with E-state index in [1.807, 2.05) is 0 Å². The largest absolute Gasteiger partial charge is 0.480 e. The Bertz CT molecular complexity index is 569. The van der Waals surface area contributed by atoms with Crippen LogP contribution >= 0.6 is 0 Å². The van der Waals surface area contributed by atoms with Crippen molar-refractivity contribution in [2.45, 2.75) is 77.2 Å². The lowest BCUT2D eigenvalue weighted by Crippen LogP contribution is -2.59. The Labute approximate surface area is 171 Å². The van der Waals surface area contributed by atoms with E-state index in [1.54, 1.807) is 13.8 Å². The Balaban J connectivity index is 4.89. The lowest BCUT2D eigenvalue weighted by molar-refractivity contribution is -0.144. The summed E-state index contributed by atoms with van der Waals surface area (Å²) in [6.45, 7) is 6.42. The molecule has 5 atom stereocenters. The maximum atomic E-state index is 12.4. The minimum atomic E-state index is -1.39. The van der Waals surface area contributed by atoms with Crippen LogP contribution in [-0.2, 0) is 19.2 Å². The molecule has 11 heteroatoms. The van der Waals surface area contributed by atoms with Gasteiger partial charge < -0.3 is 37.6 Å².